The highest BCUT2D eigenvalue weighted by Crippen LogP contribution is 2.27. The van der Waals surface area contributed by atoms with Crippen LogP contribution < -0.4 is 9.62 Å². The minimum Gasteiger partial charge on any atom is -0.357 e. The minimum atomic E-state index is -4.07. The van der Waals surface area contributed by atoms with E-state index in [4.69, 9.17) is 0 Å². The molecule has 1 atom stereocenters. The highest BCUT2D eigenvalue weighted by Gasteiger charge is 2.33. The van der Waals surface area contributed by atoms with Crippen LogP contribution in [0, 0.1) is 20.8 Å². The van der Waals surface area contributed by atoms with Crippen LogP contribution in [0.2, 0.25) is 0 Å². The van der Waals surface area contributed by atoms with Gasteiger partial charge in [-0.15, -0.1) is 0 Å². The van der Waals surface area contributed by atoms with Gasteiger partial charge in [-0.2, -0.15) is 0 Å². The molecule has 3 aromatic carbocycles. The van der Waals surface area contributed by atoms with Crippen molar-refractivity contribution >= 4 is 27.5 Å². The molecule has 0 radical (unpaired) electrons. The van der Waals surface area contributed by atoms with Crippen LogP contribution in [0.15, 0.2) is 77.7 Å². The molecule has 3 aromatic rings. The van der Waals surface area contributed by atoms with E-state index >= 15 is 0 Å². The lowest BCUT2D eigenvalue weighted by Gasteiger charge is -2.33. The molecule has 0 aliphatic carbocycles. The van der Waals surface area contributed by atoms with Gasteiger partial charge >= 0.3 is 0 Å². The monoisotopic (exact) mass is 535 g/mol. The summed E-state index contributed by atoms with van der Waals surface area (Å²) in [6.45, 7) is 7.35. The average Bonchev–Trinajstić information content (AvgIpc) is 2.89. The molecule has 1 N–H and O–H groups in total. The van der Waals surface area contributed by atoms with Crippen LogP contribution in [-0.4, -0.2) is 51.3 Å². The van der Waals surface area contributed by atoms with Crippen molar-refractivity contribution in [1.29, 1.82) is 0 Å². The number of hydrogen-bond acceptors (Lipinski definition) is 4. The Morgan fingerprint density at radius 3 is 2.03 bits per heavy atom. The normalized spacial score (nSPS) is 12.0. The van der Waals surface area contributed by atoms with Gasteiger partial charge in [0.05, 0.1) is 10.6 Å². The lowest BCUT2D eigenvalue weighted by atomic mass is 10.1. The van der Waals surface area contributed by atoms with E-state index in [1.54, 1.807) is 36.4 Å². The van der Waals surface area contributed by atoms with Crippen molar-refractivity contribution in [1.82, 2.24) is 10.2 Å². The molecular weight excluding hydrogens is 498 g/mol. The number of carbonyl (C=O) groups excluding carboxylic acids is 2. The summed E-state index contributed by atoms with van der Waals surface area (Å²) in [6, 6.07) is 21.0. The molecule has 0 spiro atoms. The van der Waals surface area contributed by atoms with Crippen molar-refractivity contribution in [3.8, 4) is 0 Å². The summed E-state index contributed by atoms with van der Waals surface area (Å²) in [5.41, 5.74) is 4.13. The predicted molar refractivity (Wildman–Crippen MR) is 152 cm³/mol. The smallest absolute Gasteiger partial charge is 0.264 e. The molecule has 0 saturated carbocycles. The highest BCUT2D eigenvalue weighted by atomic mass is 32.2. The van der Waals surface area contributed by atoms with Crippen LogP contribution in [0.3, 0.4) is 0 Å². The molecule has 8 heteroatoms. The van der Waals surface area contributed by atoms with Gasteiger partial charge < -0.3 is 10.2 Å². The molecule has 0 fully saturated rings. The summed E-state index contributed by atoms with van der Waals surface area (Å²) in [5.74, 6) is -0.723. The number of amides is 2. The molecule has 0 saturated heterocycles. The predicted octanol–water partition coefficient (Wildman–Crippen LogP) is 4.40. The number of likely N-dealkylation sites (N-methyl/N-ethyl adjacent to an activating group) is 1. The fourth-order valence-corrected chi connectivity index (χ4v) is 5.92. The lowest BCUT2D eigenvalue weighted by molar-refractivity contribution is -0.139. The number of hydrogen-bond donors (Lipinski definition) is 1. The van der Waals surface area contributed by atoms with Gasteiger partial charge in [0, 0.05) is 13.6 Å². The number of nitrogens with one attached hydrogen (secondary N) is 1. The van der Waals surface area contributed by atoms with E-state index in [0.717, 1.165) is 26.6 Å². The maximum absolute atomic E-state index is 13.9. The topological polar surface area (TPSA) is 86.8 Å². The Balaban J connectivity index is 2.03. The first-order valence-electron chi connectivity index (χ1n) is 12.8. The minimum absolute atomic E-state index is 0.101. The van der Waals surface area contributed by atoms with Gasteiger partial charge in [-0.25, -0.2) is 8.42 Å². The van der Waals surface area contributed by atoms with Gasteiger partial charge in [-0.1, -0.05) is 61.0 Å². The molecule has 0 aromatic heterocycles. The van der Waals surface area contributed by atoms with Crippen molar-refractivity contribution in [3.63, 3.8) is 0 Å². The second-order valence-electron chi connectivity index (χ2n) is 9.53. The van der Waals surface area contributed by atoms with Crippen LogP contribution in [0.5, 0.6) is 0 Å². The molecule has 0 aliphatic heterocycles. The summed E-state index contributed by atoms with van der Waals surface area (Å²) < 4.78 is 29.0. The Morgan fingerprint density at radius 1 is 0.868 bits per heavy atom. The zero-order chi connectivity index (χ0) is 27.9. The van der Waals surface area contributed by atoms with Crippen molar-refractivity contribution < 1.29 is 18.0 Å². The first-order valence-corrected chi connectivity index (χ1v) is 14.2. The Bertz CT molecular complexity index is 1340. The van der Waals surface area contributed by atoms with E-state index in [2.05, 4.69) is 5.32 Å². The first kappa shape index (κ1) is 28.9. The number of rotatable bonds is 11. The molecule has 3 rings (SSSR count). The number of nitrogens with zero attached hydrogens (tertiary/aromatic N) is 2. The van der Waals surface area contributed by atoms with E-state index in [9.17, 15) is 18.0 Å². The summed E-state index contributed by atoms with van der Waals surface area (Å²) >= 11 is 0. The number of aryl methyl sites for hydroxylation is 3. The van der Waals surface area contributed by atoms with E-state index in [1.807, 2.05) is 64.1 Å². The highest BCUT2D eigenvalue weighted by molar-refractivity contribution is 7.92. The largest absolute Gasteiger partial charge is 0.357 e. The van der Waals surface area contributed by atoms with Gasteiger partial charge in [-0.05, 0) is 74.6 Å². The molecule has 1 unspecified atom stereocenters. The molecule has 202 valence electrons. The molecule has 0 heterocycles. The SMILES string of the molecule is CCC(C(=O)NC)N(CCc1ccccc1)C(=O)CN(c1cc(C)cc(C)c1)S(=O)(=O)c1ccc(C)cc1. The molecule has 7 nitrogen and oxygen atoms in total. The Hall–Kier alpha value is -3.65. The van der Waals surface area contributed by atoms with Gasteiger partial charge in [0.1, 0.15) is 12.6 Å². The third kappa shape index (κ3) is 7.01. The lowest BCUT2D eigenvalue weighted by Crippen LogP contribution is -2.52. The Morgan fingerprint density at radius 2 is 1.47 bits per heavy atom. The van der Waals surface area contributed by atoms with Crippen LogP contribution in [0.25, 0.3) is 0 Å². The maximum Gasteiger partial charge on any atom is 0.264 e. The summed E-state index contributed by atoms with van der Waals surface area (Å²) in [6.07, 6.45) is 0.933. The first-order chi connectivity index (χ1) is 18.1. The van der Waals surface area contributed by atoms with Crippen molar-refractivity contribution in [2.75, 3.05) is 24.4 Å². The number of anilines is 1. The quantitative estimate of drug-likeness (QED) is 0.394. The third-order valence-corrected chi connectivity index (χ3v) is 8.29. The second-order valence-corrected chi connectivity index (χ2v) is 11.4. The fraction of sp³-hybridized carbons (Fsp3) is 0.333. The number of carbonyl (C=O) groups is 2. The van der Waals surface area contributed by atoms with Gasteiger partial charge in [0.2, 0.25) is 11.8 Å². The van der Waals surface area contributed by atoms with Crippen molar-refractivity contribution in [3.05, 3.63) is 95.1 Å². The van der Waals surface area contributed by atoms with E-state index in [-0.39, 0.29) is 17.3 Å². The van der Waals surface area contributed by atoms with Crippen molar-refractivity contribution in [2.24, 2.45) is 0 Å². The van der Waals surface area contributed by atoms with E-state index in [0.29, 0.717) is 18.5 Å². The summed E-state index contributed by atoms with van der Waals surface area (Å²) in [7, 11) is -2.54. The van der Waals surface area contributed by atoms with Crippen LogP contribution in [0.4, 0.5) is 5.69 Å². The van der Waals surface area contributed by atoms with Crippen LogP contribution in [0.1, 0.15) is 35.6 Å². The van der Waals surface area contributed by atoms with E-state index in [1.165, 1.54) is 11.9 Å². The summed E-state index contributed by atoms with van der Waals surface area (Å²) in [4.78, 5) is 28.3. The fourth-order valence-electron chi connectivity index (χ4n) is 4.52. The van der Waals surface area contributed by atoms with Crippen LogP contribution >= 0.6 is 0 Å². The van der Waals surface area contributed by atoms with Gasteiger partial charge in [0.15, 0.2) is 0 Å². The molecular formula is C30H37N3O4S. The van der Waals surface area contributed by atoms with Crippen LogP contribution in [-0.2, 0) is 26.0 Å². The molecule has 2 amide bonds. The van der Waals surface area contributed by atoms with E-state index < -0.39 is 28.5 Å². The van der Waals surface area contributed by atoms with Gasteiger partial charge in [0.25, 0.3) is 10.0 Å². The number of sulfonamides is 1. The van der Waals surface area contributed by atoms with Crippen molar-refractivity contribution in [2.45, 2.75) is 51.5 Å². The third-order valence-electron chi connectivity index (χ3n) is 6.50. The summed E-state index contributed by atoms with van der Waals surface area (Å²) in [5, 5.41) is 2.65. The molecule has 0 bridgehead atoms. The Kier molecular flexibility index (Phi) is 9.69. The average molecular weight is 536 g/mol. The standard InChI is InChI=1S/C30H37N3O4S/c1-6-28(30(35)31-5)32(17-16-25-10-8-7-9-11-25)29(34)21-33(26-19-23(3)18-24(4)20-26)38(36,37)27-14-12-22(2)13-15-27/h7-15,18-20,28H,6,16-17,21H2,1-5H3,(H,31,35). The second kappa shape index (κ2) is 12.7. The zero-order valence-corrected chi connectivity index (χ0v) is 23.6. The number of benzene rings is 3. The zero-order valence-electron chi connectivity index (χ0n) is 22.8. The van der Waals surface area contributed by atoms with Gasteiger partial charge in [-0.3, -0.25) is 13.9 Å². The molecule has 0 aliphatic rings. The maximum atomic E-state index is 13.9. The Labute approximate surface area is 226 Å². The molecule has 38 heavy (non-hydrogen) atoms.